The van der Waals surface area contributed by atoms with E-state index in [0.717, 1.165) is 15.6 Å². The number of carbonyl (C=O) groups is 2. The lowest BCUT2D eigenvalue weighted by Gasteiger charge is -2.22. The summed E-state index contributed by atoms with van der Waals surface area (Å²) in [6.07, 6.45) is 1.79. The number of hydrogen-bond acceptors (Lipinski definition) is 4. The van der Waals surface area contributed by atoms with Gasteiger partial charge >= 0.3 is 0 Å². The van der Waals surface area contributed by atoms with Gasteiger partial charge in [0, 0.05) is 10.2 Å². The number of anilines is 1. The molecule has 0 spiro atoms. The molecule has 1 aliphatic heterocycles. The average Bonchev–Trinajstić information content (AvgIpc) is 2.90. The van der Waals surface area contributed by atoms with Crippen LogP contribution in [0.2, 0.25) is 0 Å². The highest BCUT2D eigenvalue weighted by Gasteiger charge is 2.38. The Hall–Kier alpha value is -1.96. The van der Waals surface area contributed by atoms with E-state index >= 15 is 0 Å². The van der Waals surface area contributed by atoms with Gasteiger partial charge in [0.1, 0.15) is 10.4 Å². The lowest BCUT2D eigenvalue weighted by molar-refractivity contribution is -0.129. The first kappa shape index (κ1) is 19.8. The molecule has 0 aromatic heterocycles. The maximum atomic E-state index is 12.8. The smallest absolute Gasteiger partial charge is 0.266 e. The van der Waals surface area contributed by atoms with Gasteiger partial charge in [0.25, 0.3) is 5.91 Å². The molecule has 2 aromatic rings. The molecule has 1 unspecified atom stereocenters. The molecule has 7 heteroatoms. The van der Waals surface area contributed by atoms with Crippen LogP contribution in [0.3, 0.4) is 0 Å². The predicted molar refractivity (Wildman–Crippen MR) is 118 cm³/mol. The quantitative estimate of drug-likeness (QED) is 0.515. The van der Waals surface area contributed by atoms with E-state index < -0.39 is 6.04 Å². The number of amides is 2. The number of thioether (sulfide) groups is 1. The maximum absolute atomic E-state index is 12.8. The molecule has 2 amide bonds. The summed E-state index contributed by atoms with van der Waals surface area (Å²) in [4.78, 5) is 27.3. The zero-order valence-electron chi connectivity index (χ0n) is 14.7. The molecule has 1 N–H and O–H groups in total. The summed E-state index contributed by atoms with van der Waals surface area (Å²) in [6, 6.07) is 14.4. The first-order valence-electron chi connectivity index (χ1n) is 8.25. The first-order valence-corrected chi connectivity index (χ1v) is 10.3. The van der Waals surface area contributed by atoms with Crippen LogP contribution in [0, 0.1) is 6.92 Å². The summed E-state index contributed by atoms with van der Waals surface area (Å²) in [5.74, 6) is -0.526. The van der Waals surface area contributed by atoms with E-state index in [2.05, 4.69) is 21.2 Å². The number of aryl methyl sites for hydroxylation is 1. The Kier molecular flexibility index (Phi) is 6.14. The zero-order valence-corrected chi connectivity index (χ0v) is 18.0. The lowest BCUT2D eigenvalue weighted by atomic mass is 10.2. The molecule has 0 bridgehead atoms. The van der Waals surface area contributed by atoms with Gasteiger partial charge in [-0.3, -0.25) is 14.5 Å². The molecule has 1 aliphatic rings. The summed E-state index contributed by atoms with van der Waals surface area (Å²) in [5.41, 5.74) is 2.64. The second kappa shape index (κ2) is 8.37. The SMILES string of the molecule is Cc1cccc(NC(=O)C(C)N2C(=O)/C(=C/c3ccc(Br)cc3)SC2=S)c1. The van der Waals surface area contributed by atoms with Crippen molar-refractivity contribution in [3.05, 3.63) is 69.0 Å². The topological polar surface area (TPSA) is 49.4 Å². The molecule has 1 saturated heterocycles. The summed E-state index contributed by atoms with van der Waals surface area (Å²) in [6.45, 7) is 3.63. The van der Waals surface area contributed by atoms with Gasteiger partial charge in [0.05, 0.1) is 4.91 Å². The number of hydrogen-bond donors (Lipinski definition) is 1. The van der Waals surface area contributed by atoms with Gasteiger partial charge in [-0.2, -0.15) is 0 Å². The highest BCUT2D eigenvalue weighted by atomic mass is 79.9. The van der Waals surface area contributed by atoms with Crippen LogP contribution in [0.25, 0.3) is 6.08 Å². The molecule has 4 nitrogen and oxygen atoms in total. The van der Waals surface area contributed by atoms with Crippen molar-refractivity contribution in [1.82, 2.24) is 4.90 Å². The average molecular weight is 461 g/mol. The van der Waals surface area contributed by atoms with Crippen molar-refractivity contribution < 1.29 is 9.59 Å². The Morgan fingerprint density at radius 2 is 1.96 bits per heavy atom. The van der Waals surface area contributed by atoms with Crippen LogP contribution in [-0.2, 0) is 9.59 Å². The predicted octanol–water partition coefficient (Wildman–Crippen LogP) is 4.99. The molecule has 1 fully saturated rings. The number of benzene rings is 2. The fraction of sp³-hybridized carbons (Fsp3) is 0.150. The molecule has 1 heterocycles. The normalized spacial score (nSPS) is 16.7. The highest BCUT2D eigenvalue weighted by Crippen LogP contribution is 2.34. The van der Waals surface area contributed by atoms with E-state index in [0.29, 0.717) is 14.9 Å². The Balaban J connectivity index is 1.75. The van der Waals surface area contributed by atoms with Crippen molar-refractivity contribution in [3.8, 4) is 0 Å². The van der Waals surface area contributed by atoms with Crippen molar-refractivity contribution in [2.24, 2.45) is 0 Å². The van der Waals surface area contributed by atoms with E-state index in [-0.39, 0.29) is 11.8 Å². The molecule has 138 valence electrons. The largest absolute Gasteiger partial charge is 0.324 e. The van der Waals surface area contributed by atoms with E-state index in [4.69, 9.17) is 12.2 Å². The van der Waals surface area contributed by atoms with Crippen LogP contribution < -0.4 is 5.32 Å². The van der Waals surface area contributed by atoms with E-state index in [1.807, 2.05) is 55.5 Å². The van der Waals surface area contributed by atoms with Crippen LogP contribution in [0.1, 0.15) is 18.1 Å². The molecule has 0 aliphatic carbocycles. The molecule has 3 rings (SSSR count). The molecular weight excluding hydrogens is 444 g/mol. The zero-order chi connectivity index (χ0) is 19.6. The molecule has 0 saturated carbocycles. The highest BCUT2D eigenvalue weighted by molar-refractivity contribution is 9.10. The minimum Gasteiger partial charge on any atom is -0.324 e. The van der Waals surface area contributed by atoms with Gasteiger partial charge in [-0.1, -0.05) is 64.2 Å². The minimum atomic E-state index is -0.700. The van der Waals surface area contributed by atoms with Crippen molar-refractivity contribution in [1.29, 1.82) is 0 Å². The Morgan fingerprint density at radius 1 is 1.26 bits per heavy atom. The van der Waals surface area contributed by atoms with Crippen molar-refractivity contribution in [2.75, 3.05) is 5.32 Å². The maximum Gasteiger partial charge on any atom is 0.266 e. The number of rotatable bonds is 4. The van der Waals surface area contributed by atoms with Gasteiger partial charge < -0.3 is 5.32 Å². The Bertz CT molecular complexity index is 941. The van der Waals surface area contributed by atoms with Gasteiger partial charge in [-0.05, 0) is 55.3 Å². The summed E-state index contributed by atoms with van der Waals surface area (Å²) in [7, 11) is 0. The monoisotopic (exact) mass is 460 g/mol. The minimum absolute atomic E-state index is 0.250. The third kappa shape index (κ3) is 4.66. The van der Waals surface area contributed by atoms with Crippen LogP contribution in [0.15, 0.2) is 57.9 Å². The summed E-state index contributed by atoms with van der Waals surface area (Å²) in [5, 5.41) is 2.84. The number of nitrogens with one attached hydrogen (secondary N) is 1. The number of carbonyl (C=O) groups excluding carboxylic acids is 2. The van der Waals surface area contributed by atoms with Crippen LogP contribution >= 0.6 is 39.9 Å². The van der Waals surface area contributed by atoms with Gasteiger partial charge in [0.15, 0.2) is 0 Å². The lowest BCUT2D eigenvalue weighted by Crippen LogP contribution is -2.44. The van der Waals surface area contributed by atoms with Crippen molar-refractivity contribution in [3.63, 3.8) is 0 Å². The van der Waals surface area contributed by atoms with E-state index in [1.165, 1.54) is 16.7 Å². The first-order chi connectivity index (χ1) is 12.8. The molecule has 2 aromatic carbocycles. The van der Waals surface area contributed by atoms with Crippen LogP contribution in [-0.4, -0.2) is 27.1 Å². The number of nitrogens with zero attached hydrogens (tertiary/aromatic N) is 1. The molecule has 27 heavy (non-hydrogen) atoms. The fourth-order valence-corrected chi connectivity index (χ4v) is 4.29. The van der Waals surface area contributed by atoms with E-state index in [1.54, 1.807) is 13.0 Å². The molecular formula is C20H17BrN2O2S2. The molecule has 0 radical (unpaired) electrons. The molecule has 1 atom stereocenters. The summed E-state index contributed by atoms with van der Waals surface area (Å²) < 4.78 is 1.35. The van der Waals surface area contributed by atoms with Crippen molar-refractivity contribution >= 4 is 67.8 Å². The Morgan fingerprint density at radius 3 is 2.63 bits per heavy atom. The second-order valence-electron chi connectivity index (χ2n) is 6.14. The third-order valence-electron chi connectivity index (χ3n) is 4.04. The van der Waals surface area contributed by atoms with Crippen molar-refractivity contribution in [2.45, 2.75) is 19.9 Å². The second-order valence-corrected chi connectivity index (χ2v) is 8.73. The fourth-order valence-electron chi connectivity index (χ4n) is 2.61. The van der Waals surface area contributed by atoms with E-state index in [9.17, 15) is 9.59 Å². The van der Waals surface area contributed by atoms with Gasteiger partial charge in [0.2, 0.25) is 5.91 Å². The number of thiocarbonyl (C=S) groups is 1. The van der Waals surface area contributed by atoms with Crippen LogP contribution in [0.5, 0.6) is 0 Å². The van der Waals surface area contributed by atoms with Gasteiger partial charge in [-0.25, -0.2) is 0 Å². The Labute approximate surface area is 176 Å². The summed E-state index contributed by atoms with van der Waals surface area (Å²) >= 11 is 9.95. The number of halogens is 1. The van der Waals surface area contributed by atoms with Gasteiger partial charge in [-0.15, -0.1) is 0 Å². The third-order valence-corrected chi connectivity index (χ3v) is 5.90. The standard InChI is InChI=1S/C20H17BrN2O2S2/c1-12-4-3-5-16(10-12)22-18(24)13(2)23-19(25)17(27-20(23)26)11-14-6-8-15(21)9-7-14/h3-11,13H,1-2H3,(H,22,24)/b17-11-. The van der Waals surface area contributed by atoms with Crippen LogP contribution in [0.4, 0.5) is 5.69 Å².